The summed E-state index contributed by atoms with van der Waals surface area (Å²) < 4.78 is 5.02. The Morgan fingerprint density at radius 3 is 2.46 bits per heavy atom. The third kappa shape index (κ3) is 3.44. The van der Waals surface area contributed by atoms with Crippen molar-refractivity contribution in [2.45, 2.75) is 46.1 Å². The lowest BCUT2D eigenvalue weighted by molar-refractivity contribution is 0.105. The second-order valence-corrected chi connectivity index (χ2v) is 7.57. The molecule has 3 atom stereocenters. The maximum Gasteiger partial charge on any atom is 0.409 e. The average Bonchev–Trinajstić information content (AvgIpc) is 2.65. The zero-order valence-corrected chi connectivity index (χ0v) is 15.9. The van der Waals surface area contributed by atoms with E-state index in [9.17, 15) is 14.4 Å². The van der Waals surface area contributed by atoms with Crippen LogP contribution in [0.15, 0.2) is 9.59 Å². The fourth-order valence-corrected chi connectivity index (χ4v) is 4.11. The molecule has 0 bridgehead atoms. The molecular formula is C19H29N3O4. The molecule has 3 rings (SSSR count). The smallest absolute Gasteiger partial charge is 0.409 e. The Kier molecular flexibility index (Phi) is 5.53. The van der Waals surface area contributed by atoms with Crippen molar-refractivity contribution in [2.24, 2.45) is 11.8 Å². The van der Waals surface area contributed by atoms with Crippen molar-refractivity contribution in [3.63, 3.8) is 0 Å². The lowest BCUT2D eigenvalue weighted by Gasteiger charge is -2.39. The summed E-state index contributed by atoms with van der Waals surface area (Å²) >= 11 is 0. The number of carbonyl (C=O) groups excluding carboxylic acids is 1. The van der Waals surface area contributed by atoms with Crippen molar-refractivity contribution in [3.8, 4) is 0 Å². The van der Waals surface area contributed by atoms with Gasteiger partial charge in [-0.15, -0.1) is 0 Å². The van der Waals surface area contributed by atoms with Crippen molar-refractivity contribution >= 4 is 17.5 Å². The molecule has 1 N–H and O–H groups in total. The first kappa shape index (κ1) is 18.7. The number of nitrogens with zero attached hydrogens (tertiary/aromatic N) is 2. The molecule has 0 unspecified atom stereocenters. The Bertz CT molecular complexity index is 717. The molecule has 1 aliphatic heterocycles. The van der Waals surface area contributed by atoms with Crippen LogP contribution in [0.2, 0.25) is 0 Å². The number of carbonyl (C=O) groups is 1. The number of amides is 1. The molecule has 0 aromatic heterocycles. The third-order valence-corrected chi connectivity index (χ3v) is 6.04. The molecule has 1 saturated carbocycles. The summed E-state index contributed by atoms with van der Waals surface area (Å²) in [4.78, 5) is 39.7. The highest BCUT2D eigenvalue weighted by molar-refractivity contribution is 5.76. The van der Waals surface area contributed by atoms with Crippen LogP contribution in [-0.4, -0.2) is 49.8 Å². The molecule has 2 aliphatic rings. The van der Waals surface area contributed by atoms with Crippen molar-refractivity contribution in [1.29, 1.82) is 0 Å². The fourth-order valence-electron chi connectivity index (χ4n) is 4.11. The summed E-state index contributed by atoms with van der Waals surface area (Å²) in [6.07, 6.45) is 3.07. The Labute approximate surface area is 154 Å². The van der Waals surface area contributed by atoms with Gasteiger partial charge >= 0.3 is 6.09 Å². The molecule has 1 saturated heterocycles. The van der Waals surface area contributed by atoms with Crippen LogP contribution in [0.25, 0.3) is 0 Å². The van der Waals surface area contributed by atoms with Crippen molar-refractivity contribution in [2.75, 3.05) is 43.0 Å². The maximum atomic E-state index is 12.2. The second kappa shape index (κ2) is 7.68. The van der Waals surface area contributed by atoms with Gasteiger partial charge in [0.25, 0.3) is 10.9 Å². The van der Waals surface area contributed by atoms with E-state index in [1.54, 1.807) is 11.8 Å². The minimum Gasteiger partial charge on any atom is -0.450 e. The van der Waals surface area contributed by atoms with E-state index in [1.807, 2.05) is 4.90 Å². The summed E-state index contributed by atoms with van der Waals surface area (Å²) in [5.74, 6) is 1.09. The van der Waals surface area contributed by atoms with E-state index in [0.29, 0.717) is 56.0 Å². The van der Waals surface area contributed by atoms with Gasteiger partial charge in [-0.3, -0.25) is 9.59 Å². The highest BCUT2D eigenvalue weighted by atomic mass is 16.6. The van der Waals surface area contributed by atoms with E-state index >= 15 is 0 Å². The Hall–Kier alpha value is -2.05. The molecule has 2 fully saturated rings. The fraction of sp³-hybridized carbons (Fsp3) is 0.737. The number of rotatable bonds is 4. The molecule has 1 aliphatic carbocycles. The quantitative estimate of drug-likeness (QED) is 0.822. The van der Waals surface area contributed by atoms with Crippen LogP contribution >= 0.6 is 0 Å². The van der Waals surface area contributed by atoms with Gasteiger partial charge < -0.3 is 19.9 Å². The number of hydrogen-bond donors (Lipinski definition) is 1. The topological polar surface area (TPSA) is 79.0 Å². The highest BCUT2D eigenvalue weighted by Crippen LogP contribution is 2.33. The normalized spacial score (nSPS) is 26.8. The highest BCUT2D eigenvalue weighted by Gasteiger charge is 2.33. The number of anilines is 2. The molecule has 144 valence electrons. The maximum absolute atomic E-state index is 12.2. The van der Waals surface area contributed by atoms with Gasteiger partial charge in [-0.05, 0) is 25.2 Å². The number of ether oxygens (including phenoxy) is 1. The monoisotopic (exact) mass is 363 g/mol. The van der Waals surface area contributed by atoms with Gasteiger partial charge in [0, 0.05) is 32.2 Å². The van der Waals surface area contributed by atoms with Crippen LogP contribution in [0.5, 0.6) is 0 Å². The Morgan fingerprint density at radius 2 is 1.81 bits per heavy atom. The Morgan fingerprint density at radius 1 is 1.12 bits per heavy atom. The molecule has 1 aromatic rings. The molecule has 1 heterocycles. The first-order valence-electron chi connectivity index (χ1n) is 9.70. The van der Waals surface area contributed by atoms with E-state index in [4.69, 9.17) is 4.74 Å². The van der Waals surface area contributed by atoms with E-state index in [2.05, 4.69) is 19.2 Å². The molecule has 1 amide bonds. The first-order chi connectivity index (χ1) is 12.4. The summed E-state index contributed by atoms with van der Waals surface area (Å²) in [7, 11) is 0. The van der Waals surface area contributed by atoms with Gasteiger partial charge in [0.1, 0.15) is 11.4 Å². The van der Waals surface area contributed by atoms with Gasteiger partial charge in [0.15, 0.2) is 0 Å². The summed E-state index contributed by atoms with van der Waals surface area (Å²) in [5.41, 5.74) is 0.168. The van der Waals surface area contributed by atoms with Gasteiger partial charge in [-0.1, -0.05) is 26.7 Å². The predicted molar refractivity (Wildman–Crippen MR) is 102 cm³/mol. The zero-order valence-electron chi connectivity index (χ0n) is 15.9. The second-order valence-electron chi connectivity index (χ2n) is 7.57. The molecule has 1 aromatic carbocycles. The summed E-state index contributed by atoms with van der Waals surface area (Å²) in [5, 5.41) is 3.38. The van der Waals surface area contributed by atoms with Crippen molar-refractivity contribution < 1.29 is 9.53 Å². The molecule has 7 heteroatoms. The van der Waals surface area contributed by atoms with Gasteiger partial charge in [0.05, 0.1) is 6.61 Å². The number of piperazine rings is 1. The third-order valence-electron chi connectivity index (χ3n) is 6.04. The lowest BCUT2D eigenvalue weighted by atomic mass is 9.78. The van der Waals surface area contributed by atoms with Crippen LogP contribution in [0.3, 0.4) is 0 Å². The summed E-state index contributed by atoms with van der Waals surface area (Å²) in [6, 6.07) is 0.238. The van der Waals surface area contributed by atoms with E-state index in [1.165, 1.54) is 6.42 Å². The van der Waals surface area contributed by atoms with E-state index in [0.717, 1.165) is 12.8 Å². The van der Waals surface area contributed by atoms with Crippen LogP contribution < -0.4 is 21.1 Å². The molecule has 26 heavy (non-hydrogen) atoms. The average molecular weight is 363 g/mol. The van der Waals surface area contributed by atoms with Crippen LogP contribution in [0.4, 0.5) is 16.2 Å². The van der Waals surface area contributed by atoms with Gasteiger partial charge in [-0.25, -0.2) is 4.79 Å². The van der Waals surface area contributed by atoms with Gasteiger partial charge in [0.2, 0.25) is 0 Å². The van der Waals surface area contributed by atoms with Crippen LogP contribution in [0.1, 0.15) is 40.0 Å². The SMILES string of the molecule is CCOC(=O)N1CCN(c2c(N[C@@H]3CCC[C@H](C)[C@@H]3C)c(=O)c2=O)CC1. The minimum atomic E-state index is -0.409. The van der Waals surface area contributed by atoms with E-state index < -0.39 is 10.9 Å². The van der Waals surface area contributed by atoms with Crippen LogP contribution in [0, 0.1) is 11.8 Å². The largest absolute Gasteiger partial charge is 0.450 e. The standard InChI is InChI=1S/C19H29N3O4/c1-4-26-19(25)22-10-8-21(9-11-22)16-15(17(23)18(16)24)20-14-7-5-6-12(2)13(14)3/h12-14,20H,4-11H2,1-3H3/t12-,13-,14+/m0/s1. The number of hydrogen-bond acceptors (Lipinski definition) is 6. The molecule has 7 nitrogen and oxygen atoms in total. The van der Waals surface area contributed by atoms with E-state index in [-0.39, 0.29) is 12.1 Å². The number of nitrogens with one attached hydrogen (secondary N) is 1. The molecular weight excluding hydrogens is 334 g/mol. The molecule has 0 spiro atoms. The molecule has 0 radical (unpaired) electrons. The van der Waals surface area contributed by atoms with Crippen molar-refractivity contribution in [3.05, 3.63) is 20.4 Å². The van der Waals surface area contributed by atoms with Gasteiger partial charge in [-0.2, -0.15) is 0 Å². The lowest BCUT2D eigenvalue weighted by Crippen LogP contribution is -2.53. The zero-order chi connectivity index (χ0) is 18.8. The Balaban J connectivity index is 1.67. The summed E-state index contributed by atoms with van der Waals surface area (Å²) in [6.45, 7) is 8.65. The first-order valence-corrected chi connectivity index (χ1v) is 9.70. The van der Waals surface area contributed by atoms with Crippen molar-refractivity contribution in [1.82, 2.24) is 4.90 Å². The van der Waals surface area contributed by atoms with Crippen LogP contribution in [-0.2, 0) is 4.74 Å². The predicted octanol–water partition coefficient (Wildman–Crippen LogP) is 1.80. The minimum absolute atomic E-state index is 0.238.